The summed E-state index contributed by atoms with van der Waals surface area (Å²) in [4.78, 5) is 1.41. The van der Waals surface area contributed by atoms with Crippen molar-refractivity contribution in [2.45, 2.75) is 42.7 Å². The minimum Gasteiger partial charge on any atom is -0.306 e. The van der Waals surface area contributed by atoms with Crippen molar-refractivity contribution in [1.29, 1.82) is 5.26 Å². The quantitative estimate of drug-likeness (QED) is 0.882. The molecule has 0 bridgehead atoms. The van der Waals surface area contributed by atoms with Crippen molar-refractivity contribution in [3.8, 4) is 6.07 Å². The normalized spacial score (nSPS) is 30.7. The smallest absolute Gasteiger partial charge is 0.0672 e. The highest BCUT2D eigenvalue weighted by atomic mass is 32.2. The molecule has 1 N–H and O–H groups in total. The Kier molecular flexibility index (Phi) is 3.58. The number of benzene rings is 1. The molecule has 1 aromatic carbocycles. The zero-order chi connectivity index (χ0) is 12.4. The Morgan fingerprint density at radius 2 is 2.11 bits per heavy atom. The lowest BCUT2D eigenvalue weighted by molar-refractivity contribution is 0.390. The van der Waals surface area contributed by atoms with Gasteiger partial charge in [0.2, 0.25) is 0 Å². The topological polar surface area (TPSA) is 35.8 Å². The minimum absolute atomic E-state index is 0.215. The Hall–Kier alpha value is -0.980. The first kappa shape index (κ1) is 12.1. The molecule has 2 aliphatic rings. The number of nitrogens with zero attached hydrogens (tertiary/aromatic N) is 1. The molecule has 2 nitrogen and oxygen atoms in total. The van der Waals surface area contributed by atoms with Gasteiger partial charge >= 0.3 is 0 Å². The van der Waals surface area contributed by atoms with E-state index in [0.29, 0.717) is 12.1 Å². The molecule has 1 aliphatic carbocycles. The number of nitrogens with one attached hydrogen (secondary N) is 1. The van der Waals surface area contributed by atoms with Crippen LogP contribution in [0.25, 0.3) is 0 Å². The molecule has 18 heavy (non-hydrogen) atoms. The van der Waals surface area contributed by atoms with Gasteiger partial charge in [-0.1, -0.05) is 24.6 Å². The van der Waals surface area contributed by atoms with Gasteiger partial charge in [-0.15, -0.1) is 11.8 Å². The Labute approximate surface area is 113 Å². The Bertz CT molecular complexity index is 466. The highest BCUT2D eigenvalue weighted by molar-refractivity contribution is 7.99. The summed E-state index contributed by atoms with van der Waals surface area (Å²) in [5, 5.41) is 12.9. The summed E-state index contributed by atoms with van der Waals surface area (Å²) in [5.74, 6) is 1.39. The fourth-order valence-corrected chi connectivity index (χ4v) is 4.21. The van der Waals surface area contributed by atoms with E-state index in [9.17, 15) is 0 Å². The van der Waals surface area contributed by atoms with Crippen LogP contribution in [0.15, 0.2) is 29.2 Å². The third-order valence-electron chi connectivity index (χ3n) is 4.06. The van der Waals surface area contributed by atoms with E-state index in [-0.39, 0.29) is 5.92 Å². The van der Waals surface area contributed by atoms with Crippen molar-refractivity contribution < 1.29 is 0 Å². The molecule has 0 spiro atoms. The van der Waals surface area contributed by atoms with Crippen LogP contribution in [0.5, 0.6) is 0 Å². The van der Waals surface area contributed by atoms with E-state index >= 15 is 0 Å². The number of nitriles is 1. The molecular formula is C15H18N2S. The zero-order valence-electron chi connectivity index (χ0n) is 10.4. The molecule has 94 valence electrons. The summed E-state index contributed by atoms with van der Waals surface area (Å²) in [5.41, 5.74) is 1.43. The monoisotopic (exact) mass is 258 g/mol. The maximum atomic E-state index is 9.17. The maximum absolute atomic E-state index is 9.17. The lowest BCUT2D eigenvalue weighted by Gasteiger charge is -2.29. The van der Waals surface area contributed by atoms with Gasteiger partial charge in [0.15, 0.2) is 0 Å². The second-order valence-electron chi connectivity index (χ2n) is 5.17. The van der Waals surface area contributed by atoms with E-state index in [1.54, 1.807) is 0 Å². The average molecular weight is 258 g/mol. The van der Waals surface area contributed by atoms with Crippen molar-refractivity contribution in [3.63, 3.8) is 0 Å². The molecule has 0 radical (unpaired) electrons. The lowest BCUT2D eigenvalue weighted by atomic mass is 9.99. The predicted octanol–water partition coefficient (Wildman–Crippen LogP) is 3.51. The predicted molar refractivity (Wildman–Crippen MR) is 74.4 cm³/mol. The van der Waals surface area contributed by atoms with Crippen molar-refractivity contribution in [3.05, 3.63) is 29.8 Å². The molecule has 0 amide bonds. The van der Waals surface area contributed by atoms with Crippen LogP contribution in [-0.4, -0.2) is 11.8 Å². The minimum atomic E-state index is 0.215. The SMILES string of the molecule is N#CC1CCCC1NC1CCSc2ccccc21. The van der Waals surface area contributed by atoms with Crippen LogP contribution in [0.4, 0.5) is 0 Å². The second-order valence-corrected chi connectivity index (χ2v) is 6.30. The lowest BCUT2D eigenvalue weighted by Crippen LogP contribution is -2.36. The van der Waals surface area contributed by atoms with Gasteiger partial charge in [-0.05, 0) is 36.6 Å². The van der Waals surface area contributed by atoms with Gasteiger partial charge in [0.25, 0.3) is 0 Å². The van der Waals surface area contributed by atoms with Crippen LogP contribution in [0.2, 0.25) is 0 Å². The average Bonchev–Trinajstić information content (AvgIpc) is 2.86. The van der Waals surface area contributed by atoms with Gasteiger partial charge in [-0.3, -0.25) is 0 Å². The van der Waals surface area contributed by atoms with Crippen LogP contribution in [-0.2, 0) is 0 Å². The molecule has 0 aromatic heterocycles. The first-order valence-electron chi connectivity index (χ1n) is 6.76. The van der Waals surface area contributed by atoms with Crippen molar-refractivity contribution in [2.75, 3.05) is 5.75 Å². The molecule has 1 aliphatic heterocycles. The van der Waals surface area contributed by atoms with E-state index in [1.165, 1.54) is 29.1 Å². The van der Waals surface area contributed by atoms with Crippen LogP contribution in [0, 0.1) is 17.2 Å². The summed E-state index contributed by atoms with van der Waals surface area (Å²) in [6.07, 6.45) is 4.59. The van der Waals surface area contributed by atoms with Gasteiger partial charge in [0.05, 0.1) is 12.0 Å². The Balaban J connectivity index is 1.76. The number of fused-ring (bicyclic) bond motifs is 1. The van der Waals surface area contributed by atoms with Gasteiger partial charge in [-0.2, -0.15) is 5.26 Å². The van der Waals surface area contributed by atoms with Gasteiger partial charge in [0, 0.05) is 17.0 Å². The summed E-state index contributed by atoms with van der Waals surface area (Å²) >= 11 is 1.95. The molecule has 1 fully saturated rings. The summed E-state index contributed by atoms with van der Waals surface area (Å²) < 4.78 is 0. The van der Waals surface area contributed by atoms with Gasteiger partial charge in [-0.25, -0.2) is 0 Å². The molecule has 0 saturated heterocycles. The highest BCUT2D eigenvalue weighted by Crippen LogP contribution is 2.37. The second kappa shape index (κ2) is 5.34. The number of rotatable bonds is 2. The molecule has 3 unspecified atom stereocenters. The fourth-order valence-electron chi connectivity index (χ4n) is 3.09. The van der Waals surface area contributed by atoms with E-state index < -0.39 is 0 Å². The molecule has 1 heterocycles. The number of hydrogen-bond donors (Lipinski definition) is 1. The number of hydrogen-bond acceptors (Lipinski definition) is 3. The molecule has 3 rings (SSSR count). The molecule has 1 saturated carbocycles. The van der Waals surface area contributed by atoms with Crippen molar-refractivity contribution >= 4 is 11.8 Å². The molecule has 1 aromatic rings. The third kappa shape index (κ3) is 2.28. The summed E-state index contributed by atoms with van der Waals surface area (Å²) in [6, 6.07) is 12.0. The zero-order valence-corrected chi connectivity index (χ0v) is 11.2. The fraction of sp³-hybridized carbons (Fsp3) is 0.533. The maximum Gasteiger partial charge on any atom is 0.0672 e. The highest BCUT2D eigenvalue weighted by Gasteiger charge is 2.30. The Morgan fingerprint density at radius 3 is 3.00 bits per heavy atom. The first-order chi connectivity index (χ1) is 8.88. The first-order valence-corrected chi connectivity index (χ1v) is 7.74. The van der Waals surface area contributed by atoms with Gasteiger partial charge in [0.1, 0.15) is 0 Å². The van der Waals surface area contributed by atoms with E-state index in [2.05, 4.69) is 35.7 Å². The van der Waals surface area contributed by atoms with Crippen LogP contribution < -0.4 is 5.32 Å². The van der Waals surface area contributed by atoms with E-state index in [1.807, 2.05) is 11.8 Å². The summed E-state index contributed by atoms with van der Waals surface area (Å²) in [6.45, 7) is 0. The van der Waals surface area contributed by atoms with E-state index in [4.69, 9.17) is 5.26 Å². The van der Waals surface area contributed by atoms with Gasteiger partial charge < -0.3 is 5.32 Å². The largest absolute Gasteiger partial charge is 0.306 e. The van der Waals surface area contributed by atoms with Crippen molar-refractivity contribution in [1.82, 2.24) is 5.32 Å². The molecular weight excluding hydrogens is 240 g/mol. The molecule has 3 atom stereocenters. The van der Waals surface area contributed by atoms with Crippen LogP contribution >= 0.6 is 11.8 Å². The standard InChI is InChI=1S/C15H18N2S/c16-10-11-4-3-6-13(11)17-14-8-9-18-15-7-2-1-5-12(14)15/h1-2,5,7,11,13-14,17H,3-4,6,8-9H2. The summed E-state index contributed by atoms with van der Waals surface area (Å²) in [7, 11) is 0. The third-order valence-corrected chi connectivity index (χ3v) is 5.18. The molecule has 3 heteroatoms. The van der Waals surface area contributed by atoms with E-state index in [0.717, 1.165) is 12.8 Å². The van der Waals surface area contributed by atoms with Crippen LogP contribution in [0.3, 0.4) is 0 Å². The van der Waals surface area contributed by atoms with Crippen molar-refractivity contribution in [2.24, 2.45) is 5.92 Å². The Morgan fingerprint density at radius 1 is 1.22 bits per heavy atom. The van der Waals surface area contributed by atoms with Crippen LogP contribution in [0.1, 0.15) is 37.3 Å². The number of thioether (sulfide) groups is 1.